The first-order chi connectivity index (χ1) is 15.9. The second-order valence-corrected chi connectivity index (χ2v) is 8.75. The quantitative estimate of drug-likeness (QED) is 0.161. The van der Waals surface area contributed by atoms with Gasteiger partial charge in [-0.15, -0.1) is 0 Å². The van der Waals surface area contributed by atoms with Crippen molar-refractivity contribution in [2.45, 2.75) is 13.2 Å². The molecule has 0 aromatic heterocycles. The topological polar surface area (TPSA) is 85.7 Å². The second-order valence-electron chi connectivity index (χ2n) is 7.05. The number of nitro groups is 1. The number of ether oxygens (including phenoxy) is 2. The van der Waals surface area contributed by atoms with E-state index in [0.29, 0.717) is 53.5 Å². The van der Waals surface area contributed by atoms with Gasteiger partial charge in [0, 0.05) is 36.8 Å². The molecule has 174 valence electrons. The monoisotopic (exact) mass is 553 g/mol. The van der Waals surface area contributed by atoms with Crippen LogP contribution < -0.4 is 20.1 Å². The minimum atomic E-state index is -0.475. The number of hydrogen-bond acceptors (Lipinski definition) is 6. The molecule has 0 aliphatic rings. The van der Waals surface area contributed by atoms with Gasteiger partial charge in [0.15, 0.2) is 11.5 Å². The predicted molar refractivity (Wildman–Crippen MR) is 135 cm³/mol. The fraction of sp³-hybridized carbons (Fsp3) is 0.217. The van der Waals surface area contributed by atoms with Crippen molar-refractivity contribution in [2.75, 3.05) is 25.5 Å². The molecule has 7 nitrogen and oxygen atoms in total. The average Bonchev–Trinajstić information content (AvgIpc) is 2.79. The van der Waals surface area contributed by atoms with Crippen LogP contribution in [0.15, 0.2) is 59.1 Å². The molecule has 0 atom stereocenters. The van der Waals surface area contributed by atoms with Gasteiger partial charge in [0.1, 0.15) is 6.61 Å². The van der Waals surface area contributed by atoms with Gasteiger partial charge in [-0.1, -0.05) is 35.3 Å². The van der Waals surface area contributed by atoms with Gasteiger partial charge in [-0.3, -0.25) is 10.1 Å². The van der Waals surface area contributed by atoms with E-state index in [4.69, 9.17) is 32.7 Å². The molecule has 0 unspecified atom stereocenters. The second kappa shape index (κ2) is 12.1. The lowest BCUT2D eigenvalue weighted by molar-refractivity contribution is -0.384. The molecule has 0 aliphatic carbocycles. The summed E-state index contributed by atoms with van der Waals surface area (Å²) >= 11 is 15.6. The Morgan fingerprint density at radius 3 is 2.45 bits per heavy atom. The zero-order valence-corrected chi connectivity index (χ0v) is 20.8. The van der Waals surface area contributed by atoms with Gasteiger partial charge in [0.2, 0.25) is 0 Å². The number of hydrogen-bond donors (Lipinski definition) is 2. The van der Waals surface area contributed by atoms with Crippen LogP contribution in [0.5, 0.6) is 11.5 Å². The first-order valence-corrected chi connectivity index (χ1v) is 11.5. The minimum Gasteiger partial charge on any atom is -0.493 e. The van der Waals surface area contributed by atoms with E-state index < -0.39 is 4.92 Å². The highest BCUT2D eigenvalue weighted by Gasteiger charge is 2.12. The molecule has 0 aliphatic heterocycles. The highest BCUT2D eigenvalue weighted by molar-refractivity contribution is 9.10. The van der Waals surface area contributed by atoms with Crippen molar-refractivity contribution >= 4 is 50.5 Å². The third kappa shape index (κ3) is 7.23. The molecule has 33 heavy (non-hydrogen) atoms. The van der Waals surface area contributed by atoms with E-state index in [-0.39, 0.29) is 5.69 Å². The summed E-state index contributed by atoms with van der Waals surface area (Å²) in [5, 5.41) is 18.3. The van der Waals surface area contributed by atoms with Crippen molar-refractivity contribution in [3.63, 3.8) is 0 Å². The number of benzene rings is 3. The van der Waals surface area contributed by atoms with Gasteiger partial charge >= 0.3 is 0 Å². The molecule has 2 N–H and O–H groups in total. The third-order valence-electron chi connectivity index (χ3n) is 4.70. The number of halogens is 3. The Morgan fingerprint density at radius 2 is 1.79 bits per heavy atom. The van der Waals surface area contributed by atoms with E-state index in [1.165, 1.54) is 12.1 Å². The SMILES string of the molecule is COc1cc(CNCCNc2ccc([N+](=O)[O-])cc2Cl)cc(Br)c1OCc1ccc(Cl)cc1. The highest BCUT2D eigenvalue weighted by Crippen LogP contribution is 2.37. The maximum Gasteiger partial charge on any atom is 0.271 e. The number of nitrogens with zero attached hydrogens (tertiary/aromatic N) is 1. The van der Waals surface area contributed by atoms with Gasteiger partial charge in [-0.25, -0.2) is 0 Å². The summed E-state index contributed by atoms with van der Waals surface area (Å²) in [5.74, 6) is 1.26. The fourth-order valence-corrected chi connectivity index (χ4v) is 4.00. The van der Waals surface area contributed by atoms with E-state index in [1.54, 1.807) is 13.2 Å². The molecule has 0 fully saturated rings. The Bertz CT molecular complexity index is 1110. The molecule has 3 aromatic rings. The van der Waals surface area contributed by atoms with Crippen LogP contribution in [-0.2, 0) is 13.2 Å². The Balaban J connectivity index is 1.51. The Hall–Kier alpha value is -2.52. The lowest BCUT2D eigenvalue weighted by Gasteiger charge is -2.15. The summed E-state index contributed by atoms with van der Waals surface area (Å²) in [6.45, 7) is 2.25. The molecule has 3 aromatic carbocycles. The van der Waals surface area contributed by atoms with Crippen LogP contribution in [0, 0.1) is 10.1 Å². The summed E-state index contributed by atoms with van der Waals surface area (Å²) in [7, 11) is 1.60. The van der Waals surface area contributed by atoms with Crippen molar-refractivity contribution in [1.82, 2.24) is 5.32 Å². The van der Waals surface area contributed by atoms with Gasteiger partial charge in [0.05, 0.1) is 27.2 Å². The summed E-state index contributed by atoms with van der Waals surface area (Å²) in [4.78, 5) is 10.3. The van der Waals surface area contributed by atoms with Crippen LogP contribution in [0.3, 0.4) is 0 Å². The van der Waals surface area contributed by atoms with E-state index in [9.17, 15) is 10.1 Å². The van der Waals surface area contributed by atoms with Crippen LogP contribution in [0.1, 0.15) is 11.1 Å². The number of non-ortho nitro benzene ring substituents is 1. The summed E-state index contributed by atoms with van der Waals surface area (Å²) in [6.07, 6.45) is 0. The van der Waals surface area contributed by atoms with Crippen molar-refractivity contribution in [2.24, 2.45) is 0 Å². The molecule has 0 amide bonds. The zero-order valence-electron chi connectivity index (χ0n) is 17.7. The molecule has 3 rings (SSSR count). The molecule has 10 heteroatoms. The largest absolute Gasteiger partial charge is 0.493 e. The third-order valence-corrected chi connectivity index (χ3v) is 5.85. The van der Waals surface area contributed by atoms with Gasteiger partial charge in [-0.05, 0) is 57.4 Å². The number of nitrogens with one attached hydrogen (secondary N) is 2. The van der Waals surface area contributed by atoms with Gasteiger partial charge < -0.3 is 20.1 Å². The standard InChI is InChI=1S/C23H22BrCl2N3O4/c1-32-22-11-16(10-19(24)23(22)33-14-15-2-4-17(25)5-3-15)13-27-8-9-28-21-7-6-18(29(30)31)12-20(21)26/h2-7,10-12,27-28H,8-9,13-14H2,1H3. The summed E-state index contributed by atoms with van der Waals surface area (Å²) in [6, 6.07) is 15.7. The van der Waals surface area contributed by atoms with E-state index >= 15 is 0 Å². The fourth-order valence-electron chi connectivity index (χ4n) is 3.03. The van der Waals surface area contributed by atoms with Crippen molar-refractivity contribution in [3.05, 3.63) is 90.4 Å². The van der Waals surface area contributed by atoms with Crippen molar-refractivity contribution in [3.8, 4) is 11.5 Å². The average molecular weight is 555 g/mol. The Labute approximate surface area is 210 Å². The van der Waals surface area contributed by atoms with Crippen LogP contribution in [0.25, 0.3) is 0 Å². The van der Waals surface area contributed by atoms with Crippen LogP contribution in [-0.4, -0.2) is 25.1 Å². The molecule has 0 saturated carbocycles. The van der Waals surface area contributed by atoms with Crippen molar-refractivity contribution < 1.29 is 14.4 Å². The molecule has 0 saturated heterocycles. The van der Waals surface area contributed by atoms with Gasteiger partial charge in [-0.2, -0.15) is 0 Å². The van der Waals surface area contributed by atoms with E-state index in [0.717, 1.165) is 15.6 Å². The number of nitro benzene ring substituents is 1. The van der Waals surface area contributed by atoms with E-state index in [1.807, 2.05) is 36.4 Å². The van der Waals surface area contributed by atoms with Crippen LogP contribution in [0.4, 0.5) is 11.4 Å². The van der Waals surface area contributed by atoms with Gasteiger partial charge in [0.25, 0.3) is 5.69 Å². The molecular formula is C23H22BrCl2N3O4. The minimum absolute atomic E-state index is 0.0382. The molecule has 0 bridgehead atoms. The highest BCUT2D eigenvalue weighted by atomic mass is 79.9. The van der Waals surface area contributed by atoms with Crippen LogP contribution in [0.2, 0.25) is 10.0 Å². The van der Waals surface area contributed by atoms with E-state index in [2.05, 4.69) is 26.6 Å². The zero-order chi connectivity index (χ0) is 23.8. The maximum absolute atomic E-state index is 10.8. The first-order valence-electron chi connectivity index (χ1n) is 9.99. The predicted octanol–water partition coefficient (Wildman–Crippen LogP) is 6.45. The number of methoxy groups -OCH3 is 1. The summed E-state index contributed by atoms with van der Waals surface area (Å²) in [5.41, 5.74) is 2.63. The lowest BCUT2D eigenvalue weighted by atomic mass is 10.2. The van der Waals surface area contributed by atoms with Crippen LogP contribution >= 0.6 is 39.1 Å². The van der Waals surface area contributed by atoms with Crippen molar-refractivity contribution in [1.29, 1.82) is 0 Å². The smallest absolute Gasteiger partial charge is 0.271 e. The maximum atomic E-state index is 10.8. The molecule has 0 heterocycles. The number of anilines is 1. The Morgan fingerprint density at radius 1 is 1.03 bits per heavy atom. The molecular weight excluding hydrogens is 533 g/mol. The molecule has 0 radical (unpaired) electrons. The first kappa shape index (κ1) is 25.1. The lowest BCUT2D eigenvalue weighted by Crippen LogP contribution is -2.22. The Kier molecular flexibility index (Phi) is 9.20. The normalized spacial score (nSPS) is 10.7. The molecule has 0 spiro atoms. The number of rotatable bonds is 11. The summed E-state index contributed by atoms with van der Waals surface area (Å²) < 4.78 is 12.3.